The van der Waals surface area contributed by atoms with Crippen LogP contribution >= 0.6 is 11.3 Å². The van der Waals surface area contributed by atoms with Crippen molar-refractivity contribution in [1.29, 1.82) is 0 Å². The molecule has 2 aromatic rings. The molecule has 0 saturated heterocycles. The predicted octanol–water partition coefficient (Wildman–Crippen LogP) is 2.83. The molecular weight excluding hydrogens is 224 g/mol. The van der Waals surface area contributed by atoms with E-state index in [1.165, 1.54) is 0 Å². The first-order chi connectivity index (χ1) is 7.75. The lowest BCUT2D eigenvalue weighted by Gasteiger charge is -2.08. The van der Waals surface area contributed by atoms with Crippen LogP contribution in [0, 0.1) is 5.92 Å². The Kier molecular flexibility index (Phi) is 3.41. The molecule has 0 aliphatic heterocycles. The molecule has 0 aliphatic rings. The monoisotopic (exact) mass is 236 g/mol. The highest BCUT2D eigenvalue weighted by molar-refractivity contribution is 7.09. The average molecular weight is 236 g/mol. The van der Waals surface area contributed by atoms with Gasteiger partial charge >= 0.3 is 5.97 Å². The maximum atomic E-state index is 11.1. The van der Waals surface area contributed by atoms with E-state index >= 15 is 0 Å². The van der Waals surface area contributed by atoms with Gasteiger partial charge in [-0.15, -0.1) is 11.3 Å². The van der Waals surface area contributed by atoms with Crippen LogP contribution in [0.4, 0.5) is 0 Å². The zero-order valence-corrected chi connectivity index (χ0v) is 9.44. The molecule has 2 aromatic heterocycles. The largest absolute Gasteiger partial charge is 0.481 e. The Bertz CT molecular complexity index is 395. The number of carboxylic acid groups (broad SMARTS) is 1. The van der Waals surface area contributed by atoms with E-state index in [0.717, 1.165) is 10.6 Å². The van der Waals surface area contributed by atoms with Crippen molar-refractivity contribution in [1.82, 2.24) is 0 Å². The van der Waals surface area contributed by atoms with Gasteiger partial charge in [-0.05, 0) is 30.0 Å². The zero-order chi connectivity index (χ0) is 11.4. The van der Waals surface area contributed by atoms with Crippen LogP contribution in [-0.4, -0.2) is 11.1 Å². The van der Waals surface area contributed by atoms with Crippen molar-refractivity contribution >= 4 is 17.3 Å². The van der Waals surface area contributed by atoms with E-state index in [1.807, 2.05) is 23.6 Å². The highest BCUT2D eigenvalue weighted by Crippen LogP contribution is 2.18. The molecule has 16 heavy (non-hydrogen) atoms. The summed E-state index contributed by atoms with van der Waals surface area (Å²) in [5.41, 5.74) is 0. The molecule has 1 N–H and O–H groups in total. The van der Waals surface area contributed by atoms with Crippen molar-refractivity contribution in [2.75, 3.05) is 0 Å². The third-order valence-electron chi connectivity index (χ3n) is 2.40. The average Bonchev–Trinajstić information content (AvgIpc) is 2.88. The summed E-state index contributed by atoms with van der Waals surface area (Å²) in [5.74, 6) is -0.460. The normalized spacial score (nSPS) is 12.5. The zero-order valence-electron chi connectivity index (χ0n) is 8.63. The first kappa shape index (κ1) is 11.0. The van der Waals surface area contributed by atoms with Gasteiger partial charge in [0.25, 0.3) is 0 Å². The van der Waals surface area contributed by atoms with Gasteiger partial charge in [-0.1, -0.05) is 6.07 Å². The SMILES string of the molecule is O=C(O)C(Cc1ccco1)Cc1cccs1. The van der Waals surface area contributed by atoms with Gasteiger partial charge in [-0.25, -0.2) is 0 Å². The second kappa shape index (κ2) is 4.99. The van der Waals surface area contributed by atoms with Gasteiger partial charge in [0.15, 0.2) is 0 Å². The molecule has 2 rings (SSSR count). The Labute approximate surface area is 97.3 Å². The van der Waals surface area contributed by atoms with Crippen LogP contribution in [0.2, 0.25) is 0 Å². The summed E-state index contributed by atoms with van der Waals surface area (Å²) < 4.78 is 5.17. The summed E-state index contributed by atoms with van der Waals surface area (Å²) in [4.78, 5) is 12.2. The Morgan fingerprint density at radius 1 is 1.38 bits per heavy atom. The van der Waals surface area contributed by atoms with E-state index in [2.05, 4.69) is 0 Å². The van der Waals surface area contributed by atoms with Crippen molar-refractivity contribution in [2.45, 2.75) is 12.8 Å². The second-order valence-corrected chi connectivity index (χ2v) is 4.63. The van der Waals surface area contributed by atoms with Gasteiger partial charge in [0.1, 0.15) is 5.76 Å². The summed E-state index contributed by atoms with van der Waals surface area (Å²) in [6.07, 6.45) is 2.58. The molecule has 0 radical (unpaired) electrons. The fourth-order valence-corrected chi connectivity index (χ4v) is 2.38. The van der Waals surface area contributed by atoms with Crippen LogP contribution in [0.1, 0.15) is 10.6 Å². The molecular formula is C12H12O3S. The third kappa shape index (κ3) is 2.73. The minimum atomic E-state index is -0.773. The first-order valence-electron chi connectivity index (χ1n) is 5.03. The standard InChI is InChI=1S/C12H12O3S/c13-12(14)9(7-10-3-1-5-15-10)8-11-4-2-6-16-11/h1-6,9H,7-8H2,(H,13,14). The van der Waals surface area contributed by atoms with Crippen LogP contribution in [-0.2, 0) is 17.6 Å². The fraction of sp³-hybridized carbons (Fsp3) is 0.250. The number of thiophene rings is 1. The van der Waals surface area contributed by atoms with Crippen molar-refractivity contribution in [2.24, 2.45) is 5.92 Å². The fourth-order valence-electron chi connectivity index (χ4n) is 1.59. The molecule has 0 bridgehead atoms. The highest BCUT2D eigenvalue weighted by atomic mass is 32.1. The molecule has 0 amide bonds. The molecule has 3 nitrogen and oxygen atoms in total. The van der Waals surface area contributed by atoms with Crippen LogP contribution in [0.5, 0.6) is 0 Å². The summed E-state index contributed by atoms with van der Waals surface area (Å²) in [6.45, 7) is 0. The van der Waals surface area contributed by atoms with Gasteiger partial charge in [-0.3, -0.25) is 4.79 Å². The number of carbonyl (C=O) groups is 1. The highest BCUT2D eigenvalue weighted by Gasteiger charge is 2.20. The van der Waals surface area contributed by atoms with Gasteiger partial charge < -0.3 is 9.52 Å². The second-order valence-electron chi connectivity index (χ2n) is 3.60. The molecule has 1 unspecified atom stereocenters. The van der Waals surface area contributed by atoms with Crippen LogP contribution in [0.15, 0.2) is 40.3 Å². The maximum Gasteiger partial charge on any atom is 0.307 e. The summed E-state index contributed by atoms with van der Waals surface area (Å²) in [5, 5.41) is 11.1. The molecule has 84 valence electrons. The number of rotatable bonds is 5. The van der Waals surface area contributed by atoms with Crippen LogP contribution in [0.3, 0.4) is 0 Å². The van der Waals surface area contributed by atoms with Crippen LogP contribution < -0.4 is 0 Å². The molecule has 1 atom stereocenters. The molecule has 0 fully saturated rings. The van der Waals surface area contributed by atoms with Gasteiger partial charge in [0.05, 0.1) is 12.2 Å². The number of aliphatic carboxylic acids is 1. The van der Waals surface area contributed by atoms with Crippen LogP contribution in [0.25, 0.3) is 0 Å². The minimum Gasteiger partial charge on any atom is -0.481 e. The van der Waals surface area contributed by atoms with E-state index in [9.17, 15) is 4.79 Å². The van der Waals surface area contributed by atoms with Gasteiger partial charge in [0, 0.05) is 11.3 Å². The minimum absolute atomic E-state index is 0.412. The summed E-state index contributed by atoms with van der Waals surface area (Å²) >= 11 is 1.59. The topological polar surface area (TPSA) is 50.4 Å². The number of furan rings is 1. The molecule has 4 heteroatoms. The van der Waals surface area contributed by atoms with E-state index < -0.39 is 11.9 Å². The predicted molar refractivity (Wildman–Crippen MR) is 61.6 cm³/mol. The smallest absolute Gasteiger partial charge is 0.307 e. The third-order valence-corrected chi connectivity index (χ3v) is 3.30. The Morgan fingerprint density at radius 2 is 2.25 bits per heavy atom. The lowest BCUT2D eigenvalue weighted by atomic mass is 9.99. The van der Waals surface area contributed by atoms with Gasteiger partial charge in [0.2, 0.25) is 0 Å². The molecule has 0 saturated carbocycles. The molecule has 2 heterocycles. The van der Waals surface area contributed by atoms with E-state index in [0.29, 0.717) is 12.8 Å². The Balaban J connectivity index is 2.03. The number of carboxylic acids is 1. The summed E-state index contributed by atoms with van der Waals surface area (Å²) in [7, 11) is 0. The Hall–Kier alpha value is -1.55. The molecule has 0 spiro atoms. The van der Waals surface area contributed by atoms with E-state index in [4.69, 9.17) is 9.52 Å². The van der Waals surface area contributed by atoms with Crippen molar-refractivity contribution < 1.29 is 14.3 Å². The molecule has 0 aliphatic carbocycles. The molecule has 0 aromatic carbocycles. The number of hydrogen-bond acceptors (Lipinski definition) is 3. The first-order valence-corrected chi connectivity index (χ1v) is 5.91. The van der Waals surface area contributed by atoms with Gasteiger partial charge in [-0.2, -0.15) is 0 Å². The quantitative estimate of drug-likeness (QED) is 0.868. The van der Waals surface area contributed by atoms with E-state index in [-0.39, 0.29) is 0 Å². The maximum absolute atomic E-state index is 11.1. The summed E-state index contributed by atoms with van der Waals surface area (Å²) in [6, 6.07) is 7.48. The lowest BCUT2D eigenvalue weighted by Crippen LogP contribution is -2.18. The Morgan fingerprint density at radius 3 is 2.81 bits per heavy atom. The van der Waals surface area contributed by atoms with Crippen molar-refractivity contribution in [3.8, 4) is 0 Å². The van der Waals surface area contributed by atoms with Crippen molar-refractivity contribution in [3.63, 3.8) is 0 Å². The van der Waals surface area contributed by atoms with E-state index in [1.54, 1.807) is 23.7 Å². The van der Waals surface area contributed by atoms with Crippen molar-refractivity contribution in [3.05, 3.63) is 46.5 Å². The number of hydrogen-bond donors (Lipinski definition) is 1. The lowest BCUT2D eigenvalue weighted by molar-refractivity contribution is -0.141.